The first-order valence-corrected chi connectivity index (χ1v) is 5.63. The molecule has 0 saturated heterocycles. The molecule has 1 aromatic rings. The Hall–Kier alpha value is -1.02. The summed E-state index contributed by atoms with van der Waals surface area (Å²) in [4.78, 5) is 0. The molecular weight excluding hydrogens is 186 g/mol. The molecule has 1 aliphatic rings. The Labute approximate surface area is 91.4 Å². The van der Waals surface area contributed by atoms with Crippen molar-refractivity contribution in [1.29, 1.82) is 0 Å². The van der Waals surface area contributed by atoms with E-state index in [1.165, 1.54) is 24.0 Å². The highest BCUT2D eigenvalue weighted by Crippen LogP contribution is 2.32. The Bertz CT molecular complexity index is 324. The Balaban J connectivity index is 1.97. The van der Waals surface area contributed by atoms with Crippen molar-refractivity contribution in [2.45, 2.75) is 32.7 Å². The molecule has 0 spiro atoms. The van der Waals surface area contributed by atoms with Gasteiger partial charge >= 0.3 is 0 Å². The van der Waals surface area contributed by atoms with Crippen molar-refractivity contribution in [2.75, 3.05) is 6.61 Å². The molecule has 1 aliphatic carbocycles. The zero-order chi connectivity index (χ0) is 10.8. The number of hydrogen-bond acceptors (Lipinski definition) is 2. The number of hydrogen-bond donors (Lipinski definition) is 1. The molecule has 0 aromatic heterocycles. The smallest absolute Gasteiger partial charge is 0.125 e. The number of rotatable bonds is 4. The van der Waals surface area contributed by atoms with Crippen LogP contribution in [0.15, 0.2) is 18.2 Å². The number of nitrogens with two attached hydrogens (primary N) is 1. The van der Waals surface area contributed by atoms with Crippen LogP contribution in [0.2, 0.25) is 0 Å². The van der Waals surface area contributed by atoms with Gasteiger partial charge in [0.05, 0.1) is 0 Å². The average Bonchev–Trinajstić information content (AvgIpc) is 2.99. The van der Waals surface area contributed by atoms with Crippen LogP contribution in [0.25, 0.3) is 0 Å². The predicted octanol–water partition coefficient (Wildman–Crippen LogP) is 2.42. The molecule has 15 heavy (non-hydrogen) atoms. The largest absolute Gasteiger partial charge is 0.491 e. The second-order valence-electron chi connectivity index (χ2n) is 4.53. The summed E-state index contributed by atoms with van der Waals surface area (Å²) < 4.78 is 5.81. The van der Waals surface area contributed by atoms with E-state index in [2.05, 4.69) is 32.0 Å². The number of benzene rings is 1. The standard InChI is InChI=1S/C13H19NO/c1-9-4-3-5-10(2)13(9)15-8-12(14)11-6-7-11/h3-5,11-12H,6-8,14H2,1-2H3. The van der Waals surface area contributed by atoms with Gasteiger partial charge in [-0.15, -0.1) is 0 Å². The van der Waals surface area contributed by atoms with Crippen LogP contribution in [0.1, 0.15) is 24.0 Å². The molecule has 1 unspecified atom stereocenters. The maximum absolute atomic E-state index is 6.00. The van der Waals surface area contributed by atoms with Gasteiger partial charge in [-0.25, -0.2) is 0 Å². The van der Waals surface area contributed by atoms with E-state index in [0.29, 0.717) is 12.5 Å². The summed E-state index contributed by atoms with van der Waals surface area (Å²) in [5.74, 6) is 1.71. The zero-order valence-electron chi connectivity index (χ0n) is 9.49. The lowest BCUT2D eigenvalue weighted by molar-refractivity contribution is 0.273. The van der Waals surface area contributed by atoms with Crippen molar-refractivity contribution >= 4 is 0 Å². The van der Waals surface area contributed by atoms with Gasteiger partial charge in [0.25, 0.3) is 0 Å². The molecule has 1 fully saturated rings. The minimum absolute atomic E-state index is 0.212. The number of aryl methyl sites for hydroxylation is 2. The molecule has 2 heteroatoms. The second kappa shape index (κ2) is 4.23. The van der Waals surface area contributed by atoms with Crippen LogP contribution in [0.3, 0.4) is 0 Å². The van der Waals surface area contributed by atoms with E-state index in [0.717, 1.165) is 5.75 Å². The monoisotopic (exact) mass is 205 g/mol. The fourth-order valence-corrected chi connectivity index (χ4v) is 1.87. The molecule has 1 saturated carbocycles. The van der Waals surface area contributed by atoms with Crippen LogP contribution in [-0.4, -0.2) is 12.6 Å². The van der Waals surface area contributed by atoms with Crippen molar-refractivity contribution < 1.29 is 4.74 Å². The fourth-order valence-electron chi connectivity index (χ4n) is 1.87. The second-order valence-corrected chi connectivity index (χ2v) is 4.53. The first-order valence-electron chi connectivity index (χ1n) is 5.63. The first-order chi connectivity index (χ1) is 7.18. The topological polar surface area (TPSA) is 35.2 Å². The van der Waals surface area contributed by atoms with Gasteiger partial charge in [-0.05, 0) is 43.7 Å². The minimum Gasteiger partial charge on any atom is -0.491 e. The highest BCUT2D eigenvalue weighted by molar-refractivity contribution is 5.39. The summed E-state index contributed by atoms with van der Waals surface area (Å²) in [6.07, 6.45) is 2.55. The van der Waals surface area contributed by atoms with Crippen molar-refractivity contribution in [3.8, 4) is 5.75 Å². The lowest BCUT2D eigenvalue weighted by Crippen LogP contribution is -2.30. The molecule has 2 nitrogen and oxygen atoms in total. The first kappa shape index (κ1) is 10.5. The highest BCUT2D eigenvalue weighted by Gasteiger charge is 2.28. The molecule has 0 radical (unpaired) electrons. The molecular formula is C13H19NO. The quantitative estimate of drug-likeness (QED) is 0.819. The van der Waals surface area contributed by atoms with Gasteiger partial charge in [0.2, 0.25) is 0 Å². The Kier molecular flexibility index (Phi) is 2.96. The van der Waals surface area contributed by atoms with Crippen molar-refractivity contribution in [3.05, 3.63) is 29.3 Å². The molecule has 0 heterocycles. The van der Waals surface area contributed by atoms with Gasteiger partial charge in [0.15, 0.2) is 0 Å². The molecule has 0 amide bonds. The van der Waals surface area contributed by atoms with E-state index in [-0.39, 0.29) is 6.04 Å². The van der Waals surface area contributed by atoms with Crippen LogP contribution >= 0.6 is 0 Å². The van der Waals surface area contributed by atoms with Crippen molar-refractivity contribution in [2.24, 2.45) is 11.7 Å². The van der Waals surface area contributed by atoms with Crippen LogP contribution in [0.5, 0.6) is 5.75 Å². The lowest BCUT2D eigenvalue weighted by atomic mass is 10.1. The molecule has 1 aromatic carbocycles. The average molecular weight is 205 g/mol. The van der Waals surface area contributed by atoms with E-state index in [1.54, 1.807) is 0 Å². The molecule has 0 bridgehead atoms. The Morgan fingerprint density at radius 3 is 2.47 bits per heavy atom. The van der Waals surface area contributed by atoms with Gasteiger partial charge in [-0.1, -0.05) is 18.2 Å². The molecule has 2 N–H and O–H groups in total. The summed E-state index contributed by atoms with van der Waals surface area (Å²) >= 11 is 0. The summed E-state index contributed by atoms with van der Waals surface area (Å²) in [6, 6.07) is 6.41. The maximum atomic E-state index is 6.00. The SMILES string of the molecule is Cc1cccc(C)c1OCC(N)C1CC1. The third-order valence-corrected chi connectivity index (χ3v) is 3.06. The minimum atomic E-state index is 0.212. The van der Waals surface area contributed by atoms with Crippen molar-refractivity contribution in [3.63, 3.8) is 0 Å². The van der Waals surface area contributed by atoms with E-state index >= 15 is 0 Å². The van der Waals surface area contributed by atoms with E-state index in [9.17, 15) is 0 Å². The predicted molar refractivity (Wildman–Crippen MR) is 62.1 cm³/mol. The van der Waals surface area contributed by atoms with Crippen LogP contribution < -0.4 is 10.5 Å². The van der Waals surface area contributed by atoms with E-state index in [4.69, 9.17) is 10.5 Å². The molecule has 82 valence electrons. The third-order valence-electron chi connectivity index (χ3n) is 3.06. The summed E-state index contributed by atoms with van der Waals surface area (Å²) in [5, 5.41) is 0. The molecule has 1 atom stereocenters. The van der Waals surface area contributed by atoms with E-state index in [1.807, 2.05) is 0 Å². The maximum Gasteiger partial charge on any atom is 0.125 e. The fraction of sp³-hybridized carbons (Fsp3) is 0.538. The van der Waals surface area contributed by atoms with Gasteiger partial charge in [-0.2, -0.15) is 0 Å². The van der Waals surface area contributed by atoms with Gasteiger partial charge in [0.1, 0.15) is 12.4 Å². The zero-order valence-corrected chi connectivity index (χ0v) is 9.49. The van der Waals surface area contributed by atoms with Gasteiger partial charge < -0.3 is 10.5 Å². The molecule has 0 aliphatic heterocycles. The van der Waals surface area contributed by atoms with Gasteiger partial charge in [0, 0.05) is 6.04 Å². The summed E-state index contributed by atoms with van der Waals surface area (Å²) in [7, 11) is 0. The lowest BCUT2D eigenvalue weighted by Gasteiger charge is -2.15. The van der Waals surface area contributed by atoms with Gasteiger partial charge in [-0.3, -0.25) is 0 Å². The summed E-state index contributed by atoms with van der Waals surface area (Å²) in [6.45, 7) is 4.80. The Morgan fingerprint density at radius 1 is 1.33 bits per heavy atom. The number of ether oxygens (including phenoxy) is 1. The van der Waals surface area contributed by atoms with Crippen LogP contribution in [0.4, 0.5) is 0 Å². The normalized spacial score (nSPS) is 17.5. The molecule has 2 rings (SSSR count). The third kappa shape index (κ3) is 2.51. The van der Waals surface area contributed by atoms with Crippen LogP contribution in [0, 0.1) is 19.8 Å². The van der Waals surface area contributed by atoms with E-state index < -0.39 is 0 Å². The highest BCUT2D eigenvalue weighted by atomic mass is 16.5. The number of para-hydroxylation sites is 1. The Morgan fingerprint density at radius 2 is 1.93 bits per heavy atom. The summed E-state index contributed by atoms with van der Waals surface area (Å²) in [5.41, 5.74) is 8.39. The van der Waals surface area contributed by atoms with Crippen molar-refractivity contribution in [1.82, 2.24) is 0 Å². The van der Waals surface area contributed by atoms with Crippen LogP contribution in [-0.2, 0) is 0 Å².